The number of carbonyl (C=O) groups is 2. The van der Waals surface area contributed by atoms with Crippen molar-refractivity contribution in [3.05, 3.63) is 70.8 Å². The number of anilines is 1. The number of unbranched alkanes of at least 4 members (excludes halogenated alkanes) is 1. The Bertz CT molecular complexity index is 1170. The topological polar surface area (TPSA) is 110 Å². The largest absolute Gasteiger partial charge is 0.507 e. The third kappa shape index (κ3) is 3.06. The number of carbonyl (C=O) groups excluding carboxylic acids is 2. The standard InChI is InChI=1S/C24H21NO5/c1-2-3-11-30-14-9-7-13(8-10-14)16-12-17(25)20-21(23(16)28)22(27)15-5-4-6-18(26)19(15)24(20)29/h4-10,12,26,28H,2-3,11,25H2,1H3. The van der Waals surface area contributed by atoms with Gasteiger partial charge < -0.3 is 20.7 Å². The predicted molar refractivity (Wildman–Crippen MR) is 113 cm³/mol. The number of hydrogen-bond acceptors (Lipinski definition) is 6. The van der Waals surface area contributed by atoms with Gasteiger partial charge in [0.05, 0.1) is 23.3 Å². The molecule has 0 amide bonds. The lowest BCUT2D eigenvalue weighted by Gasteiger charge is -2.22. The molecule has 6 heteroatoms. The maximum atomic E-state index is 13.1. The number of rotatable bonds is 5. The van der Waals surface area contributed by atoms with Gasteiger partial charge in [-0.3, -0.25) is 9.59 Å². The lowest BCUT2D eigenvalue weighted by atomic mass is 9.80. The van der Waals surface area contributed by atoms with Gasteiger partial charge in [-0.25, -0.2) is 0 Å². The van der Waals surface area contributed by atoms with Crippen molar-refractivity contribution in [2.24, 2.45) is 0 Å². The summed E-state index contributed by atoms with van der Waals surface area (Å²) in [7, 11) is 0. The monoisotopic (exact) mass is 403 g/mol. The van der Waals surface area contributed by atoms with E-state index in [1.807, 2.05) is 0 Å². The van der Waals surface area contributed by atoms with Gasteiger partial charge in [0.2, 0.25) is 0 Å². The van der Waals surface area contributed by atoms with E-state index >= 15 is 0 Å². The van der Waals surface area contributed by atoms with Gasteiger partial charge in [0.1, 0.15) is 17.2 Å². The zero-order chi connectivity index (χ0) is 21.4. The van der Waals surface area contributed by atoms with Crippen LogP contribution in [0.2, 0.25) is 0 Å². The van der Waals surface area contributed by atoms with E-state index in [2.05, 4.69) is 6.92 Å². The summed E-state index contributed by atoms with van der Waals surface area (Å²) in [5, 5.41) is 21.0. The van der Waals surface area contributed by atoms with E-state index in [-0.39, 0.29) is 39.4 Å². The Kier molecular flexibility index (Phi) is 4.91. The number of benzene rings is 3. The van der Waals surface area contributed by atoms with Gasteiger partial charge in [-0.15, -0.1) is 0 Å². The first-order valence-corrected chi connectivity index (χ1v) is 9.74. The van der Waals surface area contributed by atoms with E-state index in [4.69, 9.17) is 10.5 Å². The quantitative estimate of drug-likeness (QED) is 0.260. The van der Waals surface area contributed by atoms with Crippen LogP contribution >= 0.6 is 0 Å². The smallest absolute Gasteiger partial charge is 0.200 e. The van der Waals surface area contributed by atoms with Crippen LogP contribution in [0, 0.1) is 0 Å². The van der Waals surface area contributed by atoms with Crippen molar-refractivity contribution in [1.29, 1.82) is 0 Å². The Balaban J connectivity index is 1.79. The van der Waals surface area contributed by atoms with Crippen LogP contribution in [0.1, 0.15) is 51.6 Å². The summed E-state index contributed by atoms with van der Waals surface area (Å²) in [4.78, 5) is 26.0. The number of nitrogens with two attached hydrogens (primary N) is 1. The molecule has 1 aliphatic carbocycles. The van der Waals surface area contributed by atoms with E-state index in [1.54, 1.807) is 24.3 Å². The molecule has 3 aromatic carbocycles. The number of nitrogen functional groups attached to an aromatic ring is 1. The molecule has 0 atom stereocenters. The number of ketones is 2. The van der Waals surface area contributed by atoms with Crippen LogP contribution in [-0.4, -0.2) is 28.4 Å². The van der Waals surface area contributed by atoms with Crippen LogP contribution in [0.5, 0.6) is 17.2 Å². The van der Waals surface area contributed by atoms with E-state index in [9.17, 15) is 19.8 Å². The number of fused-ring (bicyclic) bond motifs is 2. The molecule has 0 saturated heterocycles. The molecule has 0 unspecified atom stereocenters. The molecule has 0 spiro atoms. The second kappa shape index (κ2) is 7.55. The second-order valence-electron chi connectivity index (χ2n) is 7.20. The van der Waals surface area contributed by atoms with Crippen LogP contribution < -0.4 is 10.5 Å². The van der Waals surface area contributed by atoms with Crippen molar-refractivity contribution >= 4 is 17.3 Å². The number of phenols is 2. The minimum absolute atomic E-state index is 0.0408. The molecule has 30 heavy (non-hydrogen) atoms. The minimum Gasteiger partial charge on any atom is -0.507 e. The molecule has 152 valence electrons. The Labute approximate surface area is 173 Å². The van der Waals surface area contributed by atoms with Crippen molar-refractivity contribution in [3.8, 4) is 28.4 Å². The molecule has 0 radical (unpaired) electrons. The molecule has 0 heterocycles. The zero-order valence-corrected chi connectivity index (χ0v) is 16.4. The summed E-state index contributed by atoms with van der Waals surface area (Å²) < 4.78 is 5.65. The van der Waals surface area contributed by atoms with Crippen LogP contribution in [0.15, 0.2) is 48.5 Å². The van der Waals surface area contributed by atoms with Crippen LogP contribution in [0.25, 0.3) is 11.1 Å². The van der Waals surface area contributed by atoms with E-state index in [0.29, 0.717) is 23.5 Å². The normalized spacial score (nSPS) is 12.4. The first-order valence-electron chi connectivity index (χ1n) is 9.74. The molecule has 6 nitrogen and oxygen atoms in total. The third-order valence-electron chi connectivity index (χ3n) is 5.23. The first-order chi connectivity index (χ1) is 14.4. The Morgan fingerprint density at radius 2 is 1.63 bits per heavy atom. The van der Waals surface area contributed by atoms with Crippen LogP contribution in [-0.2, 0) is 0 Å². The average molecular weight is 403 g/mol. The lowest BCUT2D eigenvalue weighted by molar-refractivity contribution is 0.0975. The van der Waals surface area contributed by atoms with Gasteiger partial charge in [-0.05, 0) is 36.2 Å². The Morgan fingerprint density at radius 1 is 0.900 bits per heavy atom. The molecule has 4 N–H and O–H groups in total. The summed E-state index contributed by atoms with van der Waals surface area (Å²) in [6, 6.07) is 12.8. The maximum Gasteiger partial charge on any atom is 0.200 e. The molecule has 3 aromatic rings. The summed E-state index contributed by atoms with van der Waals surface area (Å²) in [5.74, 6) is -1.05. The van der Waals surface area contributed by atoms with Gasteiger partial charge in [-0.2, -0.15) is 0 Å². The molecule has 0 bridgehead atoms. The highest BCUT2D eigenvalue weighted by Gasteiger charge is 2.36. The van der Waals surface area contributed by atoms with Gasteiger partial charge in [-0.1, -0.05) is 37.6 Å². The minimum atomic E-state index is -0.586. The SMILES string of the molecule is CCCCOc1ccc(-c2cc(N)c3c(c2O)C(=O)c2cccc(O)c2C3=O)cc1. The number of phenolic OH excluding ortho intramolecular Hbond substituents is 2. The fraction of sp³-hybridized carbons (Fsp3) is 0.167. The highest BCUT2D eigenvalue weighted by Crippen LogP contribution is 2.44. The molecule has 0 fully saturated rings. The number of hydrogen-bond donors (Lipinski definition) is 3. The summed E-state index contributed by atoms with van der Waals surface area (Å²) in [6.07, 6.45) is 1.99. The number of ether oxygens (including phenoxy) is 1. The van der Waals surface area contributed by atoms with Crippen LogP contribution in [0.3, 0.4) is 0 Å². The zero-order valence-electron chi connectivity index (χ0n) is 16.4. The fourth-order valence-corrected chi connectivity index (χ4v) is 3.67. The predicted octanol–water partition coefficient (Wildman–Crippen LogP) is 4.30. The summed E-state index contributed by atoms with van der Waals surface area (Å²) in [6.45, 7) is 2.71. The van der Waals surface area contributed by atoms with Crippen molar-refractivity contribution < 1.29 is 24.5 Å². The van der Waals surface area contributed by atoms with Crippen molar-refractivity contribution in [2.75, 3.05) is 12.3 Å². The Hall–Kier alpha value is -3.80. The van der Waals surface area contributed by atoms with Crippen molar-refractivity contribution in [2.45, 2.75) is 19.8 Å². The maximum absolute atomic E-state index is 13.1. The van der Waals surface area contributed by atoms with Gasteiger partial charge in [0, 0.05) is 16.8 Å². The number of aromatic hydroxyl groups is 2. The average Bonchev–Trinajstić information content (AvgIpc) is 2.74. The first kappa shape index (κ1) is 19.5. The molecule has 1 aliphatic rings. The second-order valence-corrected chi connectivity index (χ2v) is 7.20. The Morgan fingerprint density at radius 3 is 2.33 bits per heavy atom. The molecule has 4 rings (SSSR count). The molecular formula is C24H21NO5. The highest BCUT2D eigenvalue weighted by atomic mass is 16.5. The molecule has 0 aliphatic heterocycles. The molecule has 0 saturated carbocycles. The highest BCUT2D eigenvalue weighted by molar-refractivity contribution is 6.32. The van der Waals surface area contributed by atoms with Gasteiger partial charge in [0.25, 0.3) is 0 Å². The van der Waals surface area contributed by atoms with Gasteiger partial charge >= 0.3 is 0 Å². The van der Waals surface area contributed by atoms with Crippen molar-refractivity contribution in [3.63, 3.8) is 0 Å². The van der Waals surface area contributed by atoms with Gasteiger partial charge in [0.15, 0.2) is 11.6 Å². The summed E-state index contributed by atoms with van der Waals surface area (Å²) in [5.41, 5.74) is 6.88. The lowest BCUT2D eigenvalue weighted by Crippen LogP contribution is -2.23. The molecule has 0 aromatic heterocycles. The van der Waals surface area contributed by atoms with E-state index in [1.165, 1.54) is 24.3 Å². The fourth-order valence-electron chi connectivity index (χ4n) is 3.67. The van der Waals surface area contributed by atoms with E-state index < -0.39 is 11.6 Å². The molecular weight excluding hydrogens is 382 g/mol. The van der Waals surface area contributed by atoms with Crippen LogP contribution in [0.4, 0.5) is 5.69 Å². The summed E-state index contributed by atoms with van der Waals surface area (Å²) >= 11 is 0. The van der Waals surface area contributed by atoms with Crippen molar-refractivity contribution in [1.82, 2.24) is 0 Å². The van der Waals surface area contributed by atoms with E-state index in [0.717, 1.165) is 12.8 Å². The third-order valence-corrected chi connectivity index (χ3v) is 5.23.